The van der Waals surface area contributed by atoms with E-state index in [-0.39, 0.29) is 12.1 Å². The van der Waals surface area contributed by atoms with E-state index in [1.54, 1.807) is 20.8 Å². The molecule has 0 spiro atoms. The summed E-state index contributed by atoms with van der Waals surface area (Å²) in [7, 11) is 0. The predicted molar refractivity (Wildman–Crippen MR) is 84.2 cm³/mol. The minimum absolute atomic E-state index is 0.0603. The molecule has 2 amide bonds. The topological polar surface area (TPSA) is 58.6 Å². The predicted octanol–water partition coefficient (Wildman–Crippen LogP) is 2.98. The molecule has 0 aromatic heterocycles. The van der Waals surface area contributed by atoms with Crippen molar-refractivity contribution in [2.45, 2.75) is 51.8 Å². The van der Waals surface area contributed by atoms with Crippen molar-refractivity contribution in [3.05, 3.63) is 35.4 Å². The van der Waals surface area contributed by atoms with E-state index in [0.717, 1.165) is 18.2 Å². The Morgan fingerprint density at radius 1 is 1.33 bits per heavy atom. The number of carbonyl (C=O) groups excluding carboxylic acids is 2. The average Bonchev–Trinajstić information content (AvgIpc) is 2.96. The third-order valence-electron chi connectivity index (χ3n) is 3.64. The van der Waals surface area contributed by atoms with Gasteiger partial charge in [0.15, 0.2) is 0 Å². The molecule has 1 unspecified atom stereocenters. The van der Waals surface area contributed by atoms with Gasteiger partial charge >= 0.3 is 6.09 Å². The zero-order valence-corrected chi connectivity index (χ0v) is 14.1. The first kappa shape index (κ1) is 18.2. The van der Waals surface area contributed by atoms with Crippen LogP contribution in [0.1, 0.15) is 39.2 Å². The van der Waals surface area contributed by atoms with E-state index in [2.05, 4.69) is 5.32 Å². The molecule has 0 radical (unpaired) electrons. The van der Waals surface area contributed by atoms with E-state index in [9.17, 15) is 18.4 Å². The molecule has 24 heavy (non-hydrogen) atoms. The van der Waals surface area contributed by atoms with Crippen molar-refractivity contribution >= 4 is 12.0 Å². The van der Waals surface area contributed by atoms with E-state index in [1.165, 1.54) is 4.90 Å². The van der Waals surface area contributed by atoms with Crippen LogP contribution < -0.4 is 5.32 Å². The Balaban J connectivity index is 1.98. The lowest BCUT2D eigenvalue weighted by molar-refractivity contribution is -0.125. The Morgan fingerprint density at radius 3 is 2.71 bits per heavy atom. The molecule has 1 atom stereocenters. The lowest BCUT2D eigenvalue weighted by Crippen LogP contribution is -2.47. The van der Waals surface area contributed by atoms with Crippen LogP contribution in [0.15, 0.2) is 18.2 Å². The SMILES string of the molecule is CC(C)(C)OC(=O)N1CCCC1C(=O)NCc1cc(F)ccc1F. The number of nitrogens with zero attached hydrogens (tertiary/aromatic N) is 1. The van der Waals surface area contributed by atoms with Crippen molar-refractivity contribution in [3.63, 3.8) is 0 Å². The molecular formula is C17H22F2N2O3. The molecule has 1 aliphatic heterocycles. The molecule has 1 aromatic rings. The highest BCUT2D eigenvalue weighted by atomic mass is 19.1. The minimum atomic E-state index is -0.656. The fraction of sp³-hybridized carbons (Fsp3) is 0.529. The number of amides is 2. The zero-order valence-electron chi connectivity index (χ0n) is 14.1. The molecule has 1 N–H and O–H groups in total. The number of rotatable bonds is 3. The van der Waals surface area contributed by atoms with Gasteiger partial charge in [-0.1, -0.05) is 0 Å². The largest absolute Gasteiger partial charge is 0.444 e. The van der Waals surface area contributed by atoms with Gasteiger partial charge in [-0.05, 0) is 51.8 Å². The fourth-order valence-corrected chi connectivity index (χ4v) is 2.56. The van der Waals surface area contributed by atoms with Crippen LogP contribution in [0.2, 0.25) is 0 Å². The van der Waals surface area contributed by atoms with Gasteiger partial charge in [0.1, 0.15) is 23.3 Å². The Labute approximate surface area is 140 Å². The van der Waals surface area contributed by atoms with Crippen LogP contribution >= 0.6 is 0 Å². The van der Waals surface area contributed by atoms with Crippen LogP contribution in [0.3, 0.4) is 0 Å². The number of carbonyl (C=O) groups is 2. The van der Waals surface area contributed by atoms with Gasteiger partial charge in [-0.2, -0.15) is 0 Å². The smallest absolute Gasteiger partial charge is 0.410 e. The number of halogens is 2. The molecule has 2 rings (SSSR count). The van der Waals surface area contributed by atoms with Crippen molar-refractivity contribution in [1.29, 1.82) is 0 Å². The van der Waals surface area contributed by atoms with E-state index < -0.39 is 35.3 Å². The van der Waals surface area contributed by atoms with Gasteiger partial charge in [0.25, 0.3) is 0 Å². The fourth-order valence-electron chi connectivity index (χ4n) is 2.56. The number of nitrogens with one attached hydrogen (secondary N) is 1. The molecule has 1 heterocycles. The molecule has 0 bridgehead atoms. The summed E-state index contributed by atoms with van der Waals surface area (Å²) < 4.78 is 32.0. The Bertz CT molecular complexity index is 629. The minimum Gasteiger partial charge on any atom is -0.444 e. The highest BCUT2D eigenvalue weighted by molar-refractivity contribution is 5.86. The van der Waals surface area contributed by atoms with Crippen LogP contribution in [-0.4, -0.2) is 35.1 Å². The summed E-state index contributed by atoms with van der Waals surface area (Å²) in [5.74, 6) is -1.56. The summed E-state index contributed by atoms with van der Waals surface area (Å²) in [6.07, 6.45) is 0.652. The Morgan fingerprint density at radius 2 is 2.04 bits per heavy atom. The molecule has 1 aromatic carbocycles. The third-order valence-corrected chi connectivity index (χ3v) is 3.64. The van der Waals surface area contributed by atoms with Gasteiger partial charge < -0.3 is 10.1 Å². The van der Waals surface area contributed by atoms with Crippen molar-refractivity contribution in [2.24, 2.45) is 0 Å². The maximum Gasteiger partial charge on any atom is 0.410 e. The van der Waals surface area contributed by atoms with Crippen molar-refractivity contribution in [3.8, 4) is 0 Å². The zero-order chi connectivity index (χ0) is 17.9. The van der Waals surface area contributed by atoms with Gasteiger partial charge in [0, 0.05) is 18.7 Å². The monoisotopic (exact) mass is 340 g/mol. The molecular weight excluding hydrogens is 318 g/mol. The normalized spacial score (nSPS) is 17.7. The maximum atomic E-state index is 13.6. The quantitative estimate of drug-likeness (QED) is 0.920. The molecule has 7 heteroatoms. The number of ether oxygens (including phenoxy) is 1. The molecule has 0 aliphatic carbocycles. The van der Waals surface area contributed by atoms with Gasteiger partial charge in [0.2, 0.25) is 5.91 Å². The second-order valence-electron chi connectivity index (χ2n) is 6.79. The lowest BCUT2D eigenvalue weighted by atomic mass is 10.1. The van der Waals surface area contributed by atoms with Gasteiger partial charge in [0.05, 0.1) is 0 Å². The summed E-state index contributed by atoms with van der Waals surface area (Å²) in [4.78, 5) is 25.9. The first-order valence-corrected chi connectivity index (χ1v) is 7.88. The van der Waals surface area contributed by atoms with Crippen LogP contribution in [0.4, 0.5) is 13.6 Å². The van der Waals surface area contributed by atoms with Crippen molar-refractivity contribution in [2.75, 3.05) is 6.54 Å². The Hall–Kier alpha value is -2.18. The van der Waals surface area contributed by atoms with E-state index >= 15 is 0 Å². The summed E-state index contributed by atoms with van der Waals surface area (Å²) in [5, 5.41) is 2.56. The van der Waals surface area contributed by atoms with E-state index in [0.29, 0.717) is 19.4 Å². The maximum absolute atomic E-state index is 13.6. The van der Waals surface area contributed by atoms with Crippen LogP contribution in [-0.2, 0) is 16.1 Å². The van der Waals surface area contributed by atoms with Crippen LogP contribution in [0.5, 0.6) is 0 Å². The first-order valence-electron chi connectivity index (χ1n) is 7.88. The number of hydrogen-bond acceptors (Lipinski definition) is 3. The molecule has 132 valence electrons. The summed E-state index contributed by atoms with van der Waals surface area (Å²) in [5.41, 5.74) is -0.587. The molecule has 0 saturated carbocycles. The third kappa shape index (κ3) is 4.66. The molecule has 1 saturated heterocycles. The molecule has 5 nitrogen and oxygen atoms in total. The molecule has 1 aliphatic rings. The number of hydrogen-bond donors (Lipinski definition) is 1. The van der Waals surface area contributed by atoms with E-state index in [4.69, 9.17) is 4.74 Å². The van der Waals surface area contributed by atoms with Gasteiger partial charge in [-0.3, -0.25) is 9.69 Å². The lowest BCUT2D eigenvalue weighted by Gasteiger charge is -2.28. The van der Waals surface area contributed by atoms with Crippen molar-refractivity contribution in [1.82, 2.24) is 10.2 Å². The van der Waals surface area contributed by atoms with Gasteiger partial charge in [-0.15, -0.1) is 0 Å². The Kier molecular flexibility index (Phi) is 5.41. The standard InChI is InChI=1S/C17H22F2N2O3/c1-17(2,3)24-16(23)21-8-4-5-14(21)15(22)20-10-11-9-12(18)6-7-13(11)19/h6-7,9,14H,4-5,8,10H2,1-3H3,(H,20,22). The second-order valence-corrected chi connectivity index (χ2v) is 6.79. The average molecular weight is 340 g/mol. The van der Waals surface area contributed by atoms with Crippen LogP contribution in [0.25, 0.3) is 0 Å². The highest BCUT2D eigenvalue weighted by Gasteiger charge is 2.36. The first-order chi connectivity index (χ1) is 11.2. The van der Waals surface area contributed by atoms with E-state index in [1.807, 2.05) is 0 Å². The van der Waals surface area contributed by atoms with Crippen LogP contribution in [0, 0.1) is 11.6 Å². The summed E-state index contributed by atoms with van der Waals surface area (Å²) in [6.45, 7) is 5.55. The number of benzene rings is 1. The summed E-state index contributed by atoms with van der Waals surface area (Å²) >= 11 is 0. The highest BCUT2D eigenvalue weighted by Crippen LogP contribution is 2.21. The van der Waals surface area contributed by atoms with Crippen molar-refractivity contribution < 1.29 is 23.1 Å². The number of likely N-dealkylation sites (tertiary alicyclic amines) is 1. The second kappa shape index (κ2) is 7.15. The molecule has 1 fully saturated rings. The van der Waals surface area contributed by atoms with Gasteiger partial charge in [-0.25, -0.2) is 13.6 Å². The summed E-state index contributed by atoms with van der Waals surface area (Å²) in [6, 6.07) is 2.41.